The van der Waals surface area contributed by atoms with Crippen LogP contribution in [-0.2, 0) is 10.8 Å². The van der Waals surface area contributed by atoms with E-state index >= 15 is 0 Å². The molecule has 4 aliphatic rings. The Labute approximate surface area is 369 Å². The van der Waals surface area contributed by atoms with Gasteiger partial charge in [-0.1, -0.05) is 140 Å². The summed E-state index contributed by atoms with van der Waals surface area (Å²) in [6, 6.07) is 73.8. The first kappa shape index (κ1) is 34.3. The molecule has 4 heterocycles. The van der Waals surface area contributed by atoms with E-state index in [9.17, 15) is 0 Å². The molecule has 11 aromatic rings. The average Bonchev–Trinajstić information content (AvgIpc) is 4.06. The molecular weight excluding hydrogens is 779 g/mol. The van der Waals surface area contributed by atoms with Gasteiger partial charge in [0.05, 0.1) is 33.6 Å². The lowest BCUT2D eigenvalue weighted by Crippen LogP contribution is -2.37. The first-order valence-corrected chi connectivity index (χ1v) is 22.1. The first-order valence-electron chi connectivity index (χ1n) is 22.1. The lowest BCUT2D eigenvalue weighted by Gasteiger charge is -2.45. The summed E-state index contributed by atoms with van der Waals surface area (Å²) in [5.41, 5.74) is 22.9. The Hall–Kier alpha value is -8.34. The Morgan fingerprint density at radius 2 is 0.969 bits per heavy atom. The number of benzene rings is 8. The maximum Gasteiger partial charge on any atom is 0.136 e. The summed E-state index contributed by atoms with van der Waals surface area (Å²) in [5, 5.41) is 2.23. The van der Waals surface area contributed by atoms with E-state index in [0.717, 1.165) is 72.6 Å². The lowest BCUT2D eigenvalue weighted by atomic mass is 9.63. The second kappa shape index (κ2) is 12.2. The third-order valence-corrected chi connectivity index (χ3v) is 14.8. The third kappa shape index (κ3) is 4.05. The van der Waals surface area contributed by atoms with E-state index in [1.165, 1.54) is 55.6 Å². The molecule has 64 heavy (non-hydrogen) atoms. The number of pyridine rings is 2. The van der Waals surface area contributed by atoms with Crippen molar-refractivity contribution in [3.8, 4) is 44.8 Å². The smallest absolute Gasteiger partial charge is 0.136 e. The summed E-state index contributed by atoms with van der Waals surface area (Å²) in [6.45, 7) is 0. The highest BCUT2D eigenvalue weighted by Gasteiger charge is 2.57. The number of furan rings is 1. The zero-order chi connectivity index (χ0) is 41.7. The van der Waals surface area contributed by atoms with Gasteiger partial charge in [0.25, 0.3) is 0 Å². The van der Waals surface area contributed by atoms with Crippen LogP contribution in [-0.4, -0.2) is 9.97 Å². The quantitative estimate of drug-likeness (QED) is 0.174. The van der Waals surface area contributed by atoms with Gasteiger partial charge in [0, 0.05) is 40.0 Å². The molecule has 1 aliphatic heterocycles. The summed E-state index contributed by atoms with van der Waals surface area (Å²) >= 11 is 0. The Morgan fingerprint density at radius 3 is 1.75 bits per heavy atom. The summed E-state index contributed by atoms with van der Waals surface area (Å²) in [7, 11) is 0. The molecule has 3 aliphatic carbocycles. The molecule has 4 nitrogen and oxygen atoms in total. The van der Waals surface area contributed by atoms with Crippen molar-refractivity contribution in [1.29, 1.82) is 0 Å². The van der Waals surface area contributed by atoms with Crippen LogP contribution in [0, 0.1) is 0 Å². The fraction of sp³-hybridized carbons (Fsp3) is 0.0333. The van der Waals surface area contributed by atoms with Crippen LogP contribution < -0.4 is 4.90 Å². The molecule has 2 spiro atoms. The van der Waals surface area contributed by atoms with Crippen LogP contribution >= 0.6 is 0 Å². The number of nitrogens with zero attached hydrogens (tertiary/aromatic N) is 3. The summed E-state index contributed by atoms with van der Waals surface area (Å²) in [4.78, 5) is 13.0. The van der Waals surface area contributed by atoms with Gasteiger partial charge in [-0.3, -0.25) is 9.97 Å². The highest BCUT2D eigenvalue weighted by atomic mass is 16.3. The minimum absolute atomic E-state index is 0.502. The number of aromatic nitrogens is 2. The minimum Gasteiger partial charge on any atom is -0.456 e. The predicted molar refractivity (Wildman–Crippen MR) is 257 cm³/mol. The van der Waals surface area contributed by atoms with Gasteiger partial charge in [-0.25, -0.2) is 0 Å². The average molecular weight is 814 g/mol. The number of anilines is 3. The van der Waals surface area contributed by atoms with E-state index in [4.69, 9.17) is 14.4 Å². The summed E-state index contributed by atoms with van der Waals surface area (Å²) in [5.74, 6) is 0. The topological polar surface area (TPSA) is 42.2 Å². The van der Waals surface area contributed by atoms with Crippen molar-refractivity contribution < 1.29 is 4.42 Å². The van der Waals surface area contributed by atoms with Crippen LogP contribution in [0.15, 0.2) is 217 Å². The summed E-state index contributed by atoms with van der Waals surface area (Å²) in [6.07, 6.45) is 3.93. The molecule has 0 saturated carbocycles. The number of rotatable bonds is 2. The highest BCUT2D eigenvalue weighted by molar-refractivity contribution is 6.06. The van der Waals surface area contributed by atoms with Gasteiger partial charge in [0.1, 0.15) is 11.2 Å². The molecule has 3 aromatic heterocycles. The Balaban J connectivity index is 1.07. The Morgan fingerprint density at radius 1 is 0.359 bits per heavy atom. The fourth-order valence-electron chi connectivity index (χ4n) is 12.4. The molecular formula is C60H35N3O. The third-order valence-electron chi connectivity index (χ3n) is 14.8. The lowest BCUT2D eigenvalue weighted by molar-refractivity contribution is 0.669. The van der Waals surface area contributed by atoms with E-state index in [1.807, 2.05) is 24.5 Å². The van der Waals surface area contributed by atoms with Crippen molar-refractivity contribution in [2.24, 2.45) is 0 Å². The molecule has 0 bridgehead atoms. The van der Waals surface area contributed by atoms with Gasteiger partial charge in [-0.05, 0) is 127 Å². The van der Waals surface area contributed by atoms with Crippen molar-refractivity contribution >= 4 is 39.0 Å². The van der Waals surface area contributed by atoms with Crippen molar-refractivity contribution in [2.75, 3.05) is 4.90 Å². The van der Waals surface area contributed by atoms with Crippen molar-refractivity contribution in [3.63, 3.8) is 0 Å². The van der Waals surface area contributed by atoms with Gasteiger partial charge in [0.15, 0.2) is 0 Å². The van der Waals surface area contributed by atoms with E-state index in [0.29, 0.717) is 0 Å². The van der Waals surface area contributed by atoms with Crippen molar-refractivity contribution in [3.05, 3.63) is 257 Å². The molecule has 0 radical (unpaired) electrons. The van der Waals surface area contributed by atoms with Gasteiger partial charge in [-0.2, -0.15) is 0 Å². The van der Waals surface area contributed by atoms with Gasteiger partial charge < -0.3 is 9.32 Å². The standard InChI is InChI=1S/C60H35N3O/c1-2-15-38(16-3-1)63-53-26-12-11-24-48(53)60(49-25-14-30-61-57(49)58-52(60)31-37(35-62-58)36-28-29-43-42-20-7-13-27-55(42)64-56(43)32-36)51-33-44-41-19-6-10-23-47(41)59(50(44)34-54(51)63)45-21-8-4-17-39(45)40-18-5-9-22-46(40)59/h1-35H. The largest absolute Gasteiger partial charge is 0.456 e. The van der Waals surface area contributed by atoms with Crippen LogP contribution in [0.25, 0.3) is 66.7 Å². The maximum absolute atomic E-state index is 6.43. The van der Waals surface area contributed by atoms with E-state index in [1.54, 1.807) is 0 Å². The monoisotopic (exact) mass is 813 g/mol. The van der Waals surface area contributed by atoms with Gasteiger partial charge in [0.2, 0.25) is 0 Å². The molecule has 296 valence electrons. The molecule has 8 aromatic carbocycles. The highest BCUT2D eigenvalue weighted by Crippen LogP contribution is 2.68. The molecule has 0 fully saturated rings. The van der Waals surface area contributed by atoms with E-state index in [2.05, 4.69) is 193 Å². The molecule has 0 saturated heterocycles. The predicted octanol–water partition coefficient (Wildman–Crippen LogP) is 14.5. The first-order chi connectivity index (χ1) is 31.7. The molecule has 1 atom stereocenters. The van der Waals surface area contributed by atoms with Crippen molar-refractivity contribution in [1.82, 2.24) is 9.97 Å². The number of hydrogen-bond acceptors (Lipinski definition) is 4. The van der Waals surface area contributed by atoms with Gasteiger partial charge in [-0.15, -0.1) is 0 Å². The van der Waals surface area contributed by atoms with Crippen LogP contribution in [0.2, 0.25) is 0 Å². The normalized spacial score (nSPS) is 16.3. The van der Waals surface area contributed by atoms with Crippen LogP contribution in [0.4, 0.5) is 17.1 Å². The van der Waals surface area contributed by atoms with Gasteiger partial charge >= 0.3 is 0 Å². The maximum atomic E-state index is 6.43. The fourth-order valence-corrected chi connectivity index (χ4v) is 12.4. The zero-order valence-electron chi connectivity index (χ0n) is 34.5. The van der Waals surface area contributed by atoms with E-state index in [-0.39, 0.29) is 0 Å². The SMILES string of the molecule is c1ccc(N2c3ccccc3C3(c4cc5c(cc42)C2(c4ccccc4-c4ccccc42)c2ccccc2-5)c2cccnc2-c2ncc(-c4ccc5c(c4)oc4ccccc45)cc23)cc1. The number of para-hydroxylation sites is 3. The van der Waals surface area contributed by atoms with E-state index < -0.39 is 10.8 Å². The van der Waals surface area contributed by atoms with Crippen LogP contribution in [0.3, 0.4) is 0 Å². The van der Waals surface area contributed by atoms with Crippen LogP contribution in [0.5, 0.6) is 0 Å². The second-order valence-electron chi connectivity index (χ2n) is 17.6. The zero-order valence-corrected chi connectivity index (χ0v) is 34.5. The van der Waals surface area contributed by atoms with Crippen molar-refractivity contribution in [2.45, 2.75) is 10.8 Å². The molecule has 4 heteroatoms. The Kier molecular flexibility index (Phi) is 6.52. The molecule has 0 N–H and O–H groups in total. The number of hydrogen-bond donors (Lipinski definition) is 0. The minimum atomic E-state index is -0.756. The molecule has 15 rings (SSSR count). The second-order valence-corrected chi connectivity index (χ2v) is 17.6. The summed E-state index contributed by atoms with van der Waals surface area (Å²) < 4.78 is 6.43. The van der Waals surface area contributed by atoms with Crippen LogP contribution in [0.1, 0.15) is 44.5 Å². The molecule has 1 unspecified atom stereocenters. The number of fused-ring (bicyclic) bond motifs is 22. The molecule has 0 amide bonds. The Bertz CT molecular complexity index is 3780.